The maximum atomic E-state index is 8.74. The van der Waals surface area contributed by atoms with Crippen molar-refractivity contribution in [1.29, 1.82) is 0 Å². The number of benzene rings is 1. The van der Waals surface area contributed by atoms with Gasteiger partial charge in [0.05, 0.1) is 0 Å². The number of aliphatic hydroxyl groups is 1. The third-order valence-corrected chi connectivity index (χ3v) is 3.47. The lowest BCUT2D eigenvalue weighted by Crippen LogP contribution is -2.14. The van der Waals surface area contributed by atoms with E-state index in [0.717, 1.165) is 28.2 Å². The molecule has 0 saturated heterocycles. The van der Waals surface area contributed by atoms with Crippen LogP contribution in [0.15, 0.2) is 28.3 Å². The molecule has 0 spiro atoms. The van der Waals surface area contributed by atoms with Gasteiger partial charge >= 0.3 is 0 Å². The first-order valence-electron chi connectivity index (χ1n) is 5.02. The summed E-state index contributed by atoms with van der Waals surface area (Å²) in [6, 6.07) is 5.68. The molecule has 0 unspecified atom stereocenters. The van der Waals surface area contributed by atoms with Crippen molar-refractivity contribution in [2.24, 2.45) is 10.9 Å². The SMILES string of the molecule is Cc1cccc(/C(N)=N/O)c1SCCCO. The van der Waals surface area contributed by atoms with Crippen molar-refractivity contribution in [1.82, 2.24) is 0 Å². The van der Waals surface area contributed by atoms with E-state index in [0.29, 0.717) is 0 Å². The second-order valence-electron chi connectivity index (χ2n) is 3.36. The number of aliphatic hydroxyl groups excluding tert-OH is 1. The van der Waals surface area contributed by atoms with Crippen LogP contribution in [0.25, 0.3) is 0 Å². The molecule has 4 N–H and O–H groups in total. The summed E-state index contributed by atoms with van der Waals surface area (Å²) in [4.78, 5) is 1.01. The van der Waals surface area contributed by atoms with Crippen LogP contribution >= 0.6 is 11.8 Å². The minimum absolute atomic E-state index is 0.121. The molecule has 0 fully saturated rings. The number of rotatable bonds is 5. The van der Waals surface area contributed by atoms with Gasteiger partial charge in [-0.3, -0.25) is 0 Å². The molecular weight excluding hydrogens is 224 g/mol. The number of hydrogen-bond donors (Lipinski definition) is 3. The first-order chi connectivity index (χ1) is 7.70. The van der Waals surface area contributed by atoms with Gasteiger partial charge in [0.25, 0.3) is 0 Å². The third kappa shape index (κ3) is 3.15. The lowest BCUT2D eigenvalue weighted by Gasteiger charge is -2.10. The molecule has 0 saturated carbocycles. The summed E-state index contributed by atoms with van der Waals surface area (Å²) in [6.45, 7) is 2.16. The van der Waals surface area contributed by atoms with Crippen LogP contribution in [-0.4, -0.2) is 28.5 Å². The Kier molecular flexibility index (Phi) is 5.14. The molecule has 0 radical (unpaired) electrons. The smallest absolute Gasteiger partial charge is 0.171 e. The average molecular weight is 240 g/mol. The normalized spacial score (nSPS) is 11.8. The highest BCUT2D eigenvalue weighted by Crippen LogP contribution is 2.27. The quantitative estimate of drug-likeness (QED) is 0.182. The van der Waals surface area contributed by atoms with Crippen molar-refractivity contribution in [3.05, 3.63) is 29.3 Å². The van der Waals surface area contributed by atoms with E-state index < -0.39 is 0 Å². The Bertz CT molecular complexity index is 380. The molecule has 0 bridgehead atoms. The van der Waals surface area contributed by atoms with Crippen molar-refractivity contribution in [3.63, 3.8) is 0 Å². The van der Waals surface area contributed by atoms with Crippen LogP contribution in [0.3, 0.4) is 0 Å². The Morgan fingerprint density at radius 1 is 1.50 bits per heavy atom. The van der Waals surface area contributed by atoms with Crippen LogP contribution < -0.4 is 5.73 Å². The number of hydrogen-bond acceptors (Lipinski definition) is 4. The van der Waals surface area contributed by atoms with Crippen molar-refractivity contribution in [2.45, 2.75) is 18.2 Å². The van der Waals surface area contributed by atoms with E-state index in [9.17, 15) is 0 Å². The van der Waals surface area contributed by atoms with Crippen molar-refractivity contribution in [2.75, 3.05) is 12.4 Å². The van der Waals surface area contributed by atoms with Crippen LogP contribution in [0.5, 0.6) is 0 Å². The molecule has 0 aliphatic heterocycles. The predicted molar refractivity (Wildman–Crippen MR) is 66.1 cm³/mol. The van der Waals surface area contributed by atoms with Gasteiger partial charge in [0.1, 0.15) is 0 Å². The highest BCUT2D eigenvalue weighted by Gasteiger charge is 2.09. The first kappa shape index (κ1) is 12.9. The Balaban J connectivity index is 2.95. The van der Waals surface area contributed by atoms with Gasteiger partial charge in [-0.25, -0.2) is 0 Å². The molecule has 0 aliphatic carbocycles. The molecule has 0 aliphatic rings. The minimum Gasteiger partial charge on any atom is -0.409 e. The molecule has 1 aromatic carbocycles. The fourth-order valence-corrected chi connectivity index (χ4v) is 2.44. The summed E-state index contributed by atoms with van der Waals surface area (Å²) >= 11 is 1.61. The van der Waals surface area contributed by atoms with Crippen LogP contribution in [0.1, 0.15) is 17.5 Å². The Hall–Kier alpha value is -1.20. The number of amidine groups is 1. The Labute approximate surface area is 99.2 Å². The number of oxime groups is 1. The largest absolute Gasteiger partial charge is 0.409 e. The summed E-state index contributed by atoms with van der Waals surface area (Å²) in [6.07, 6.45) is 0.731. The second kappa shape index (κ2) is 6.40. The third-order valence-electron chi connectivity index (χ3n) is 2.14. The van der Waals surface area contributed by atoms with Gasteiger partial charge in [0.2, 0.25) is 0 Å². The van der Waals surface area contributed by atoms with E-state index in [4.69, 9.17) is 16.0 Å². The fraction of sp³-hybridized carbons (Fsp3) is 0.364. The molecular formula is C11H16N2O2S. The zero-order chi connectivity index (χ0) is 12.0. The number of thioether (sulfide) groups is 1. The van der Waals surface area contributed by atoms with Gasteiger partial charge in [0.15, 0.2) is 5.84 Å². The zero-order valence-electron chi connectivity index (χ0n) is 9.18. The number of aryl methyl sites for hydroxylation is 1. The molecule has 1 rings (SSSR count). The van der Waals surface area contributed by atoms with E-state index >= 15 is 0 Å². The Morgan fingerprint density at radius 2 is 2.25 bits per heavy atom. The van der Waals surface area contributed by atoms with E-state index in [1.165, 1.54) is 0 Å². The average Bonchev–Trinajstić information content (AvgIpc) is 2.30. The van der Waals surface area contributed by atoms with Crippen LogP contribution in [0.2, 0.25) is 0 Å². The number of nitrogens with zero attached hydrogens (tertiary/aromatic N) is 1. The first-order valence-corrected chi connectivity index (χ1v) is 6.00. The van der Waals surface area contributed by atoms with Crippen LogP contribution in [0.4, 0.5) is 0 Å². The van der Waals surface area contributed by atoms with Gasteiger partial charge in [-0.15, -0.1) is 11.8 Å². The molecule has 4 nitrogen and oxygen atoms in total. The summed E-state index contributed by atoms with van der Waals surface area (Å²) < 4.78 is 0. The lowest BCUT2D eigenvalue weighted by molar-refractivity contribution is 0.296. The van der Waals surface area contributed by atoms with E-state index in [1.54, 1.807) is 11.8 Å². The molecule has 88 valence electrons. The highest BCUT2D eigenvalue weighted by atomic mass is 32.2. The molecule has 1 aromatic rings. The lowest BCUT2D eigenvalue weighted by atomic mass is 10.1. The van der Waals surface area contributed by atoms with Gasteiger partial charge in [0, 0.05) is 22.8 Å². The Morgan fingerprint density at radius 3 is 2.88 bits per heavy atom. The summed E-state index contributed by atoms with van der Waals surface area (Å²) in [5.74, 6) is 0.933. The molecule has 0 aromatic heterocycles. The van der Waals surface area contributed by atoms with Gasteiger partial charge in [-0.05, 0) is 18.9 Å². The monoisotopic (exact) mass is 240 g/mol. The summed E-state index contributed by atoms with van der Waals surface area (Å²) in [5, 5.41) is 20.4. The van der Waals surface area contributed by atoms with Gasteiger partial charge in [-0.1, -0.05) is 23.4 Å². The van der Waals surface area contributed by atoms with Crippen molar-refractivity contribution < 1.29 is 10.3 Å². The van der Waals surface area contributed by atoms with E-state index in [1.807, 2.05) is 25.1 Å². The molecule has 0 heterocycles. The van der Waals surface area contributed by atoms with Gasteiger partial charge in [-0.2, -0.15) is 0 Å². The van der Waals surface area contributed by atoms with Crippen LogP contribution in [0, 0.1) is 6.92 Å². The fourth-order valence-electron chi connectivity index (χ4n) is 1.34. The minimum atomic E-state index is 0.121. The summed E-state index contributed by atoms with van der Waals surface area (Å²) in [5.41, 5.74) is 7.44. The van der Waals surface area contributed by atoms with E-state index in [-0.39, 0.29) is 12.4 Å². The van der Waals surface area contributed by atoms with Crippen molar-refractivity contribution in [3.8, 4) is 0 Å². The molecule has 5 heteroatoms. The second-order valence-corrected chi connectivity index (χ2v) is 4.47. The summed E-state index contributed by atoms with van der Waals surface area (Å²) in [7, 11) is 0. The van der Waals surface area contributed by atoms with Crippen molar-refractivity contribution >= 4 is 17.6 Å². The molecule has 0 atom stereocenters. The molecule has 16 heavy (non-hydrogen) atoms. The predicted octanol–water partition coefficient (Wildman–Crippen LogP) is 1.56. The van der Waals surface area contributed by atoms with E-state index in [2.05, 4.69) is 5.16 Å². The standard InChI is InChI=1S/C11H16N2O2S/c1-8-4-2-5-9(11(12)13-15)10(8)16-7-3-6-14/h2,4-5,14-15H,3,6-7H2,1H3,(H2,12,13). The highest BCUT2D eigenvalue weighted by molar-refractivity contribution is 7.99. The molecule has 0 amide bonds. The van der Waals surface area contributed by atoms with Crippen LogP contribution in [-0.2, 0) is 0 Å². The maximum Gasteiger partial charge on any atom is 0.171 e. The zero-order valence-corrected chi connectivity index (χ0v) is 10.00. The van der Waals surface area contributed by atoms with Gasteiger partial charge < -0.3 is 16.0 Å². The number of nitrogens with two attached hydrogens (primary N) is 1. The maximum absolute atomic E-state index is 8.74. The topological polar surface area (TPSA) is 78.8 Å².